The molecule has 0 unspecified atom stereocenters. The van der Waals surface area contributed by atoms with Crippen molar-refractivity contribution in [1.29, 1.82) is 5.26 Å². The minimum absolute atomic E-state index is 0.154. The second-order valence-electron chi connectivity index (χ2n) is 3.44. The van der Waals surface area contributed by atoms with Crippen LogP contribution in [-0.2, 0) is 4.74 Å². The van der Waals surface area contributed by atoms with Crippen LogP contribution in [0.5, 0.6) is 0 Å². The molecule has 0 spiro atoms. The lowest BCUT2D eigenvalue weighted by Crippen LogP contribution is -2.28. The Hall–Kier alpha value is -1.67. The Balaban J connectivity index is 3.05. The number of methoxy groups -OCH3 is 1. The number of likely N-dealkylation sites (N-methyl/N-ethyl adjacent to an activating group) is 1. The molecular formula is C12H14F2N2O. The van der Waals surface area contributed by atoms with Gasteiger partial charge in [-0.3, -0.25) is 0 Å². The quantitative estimate of drug-likeness (QED) is 0.792. The number of halogens is 2. The van der Waals surface area contributed by atoms with Gasteiger partial charge in [0.05, 0.1) is 17.9 Å². The van der Waals surface area contributed by atoms with Gasteiger partial charge in [0.25, 0.3) is 0 Å². The van der Waals surface area contributed by atoms with Crippen LogP contribution >= 0.6 is 0 Å². The van der Waals surface area contributed by atoms with Crippen molar-refractivity contribution in [3.8, 4) is 6.07 Å². The van der Waals surface area contributed by atoms with E-state index in [2.05, 4.69) is 0 Å². The van der Waals surface area contributed by atoms with E-state index < -0.39 is 11.6 Å². The van der Waals surface area contributed by atoms with Crippen molar-refractivity contribution in [3.05, 3.63) is 29.3 Å². The first kappa shape index (κ1) is 13.4. The van der Waals surface area contributed by atoms with E-state index in [-0.39, 0.29) is 11.3 Å². The highest BCUT2D eigenvalue weighted by Gasteiger charge is 2.16. The molecule has 0 aromatic heterocycles. The van der Waals surface area contributed by atoms with Gasteiger partial charge in [0.2, 0.25) is 0 Å². The Bertz CT molecular complexity index is 429. The minimum atomic E-state index is -1.10. The highest BCUT2D eigenvalue weighted by atomic mass is 19.2. The molecule has 17 heavy (non-hydrogen) atoms. The van der Waals surface area contributed by atoms with Crippen molar-refractivity contribution in [2.45, 2.75) is 6.92 Å². The fraction of sp³-hybridized carbons (Fsp3) is 0.417. The minimum Gasteiger partial charge on any atom is -0.383 e. The topological polar surface area (TPSA) is 36.3 Å². The highest BCUT2D eigenvalue weighted by molar-refractivity contribution is 5.51. The summed E-state index contributed by atoms with van der Waals surface area (Å²) in [7, 11) is 1.55. The monoisotopic (exact) mass is 240 g/mol. The van der Waals surface area contributed by atoms with Crippen LogP contribution in [0.1, 0.15) is 12.5 Å². The van der Waals surface area contributed by atoms with Crippen LogP contribution in [0.2, 0.25) is 0 Å². The molecule has 0 amide bonds. The standard InChI is InChI=1S/C12H14F2N2O/c1-3-16(6-7-17-2)10-5-4-9(8-15)11(13)12(10)14/h4-5H,3,6-7H2,1-2H3. The summed E-state index contributed by atoms with van der Waals surface area (Å²) >= 11 is 0. The maximum atomic E-state index is 13.7. The van der Waals surface area contributed by atoms with Crippen molar-refractivity contribution < 1.29 is 13.5 Å². The summed E-state index contributed by atoms with van der Waals surface area (Å²) in [5.74, 6) is -2.08. The second-order valence-corrected chi connectivity index (χ2v) is 3.44. The third-order valence-corrected chi connectivity index (χ3v) is 2.47. The third kappa shape index (κ3) is 2.92. The zero-order valence-electron chi connectivity index (χ0n) is 9.83. The Morgan fingerprint density at radius 2 is 2.06 bits per heavy atom. The third-order valence-electron chi connectivity index (χ3n) is 2.47. The van der Waals surface area contributed by atoms with Crippen LogP contribution in [0.3, 0.4) is 0 Å². The number of rotatable bonds is 5. The first-order valence-corrected chi connectivity index (χ1v) is 5.27. The van der Waals surface area contributed by atoms with Gasteiger partial charge in [-0.25, -0.2) is 8.78 Å². The smallest absolute Gasteiger partial charge is 0.183 e. The van der Waals surface area contributed by atoms with Gasteiger partial charge in [-0.2, -0.15) is 5.26 Å². The maximum Gasteiger partial charge on any atom is 0.183 e. The molecule has 0 radical (unpaired) electrons. The zero-order valence-corrected chi connectivity index (χ0v) is 9.83. The van der Waals surface area contributed by atoms with Crippen LogP contribution in [0.4, 0.5) is 14.5 Å². The van der Waals surface area contributed by atoms with E-state index >= 15 is 0 Å². The van der Waals surface area contributed by atoms with Gasteiger partial charge in [-0.1, -0.05) is 0 Å². The van der Waals surface area contributed by atoms with Gasteiger partial charge in [0.1, 0.15) is 6.07 Å². The Labute approximate surface area is 99.2 Å². The Kier molecular flexibility index (Phi) is 4.85. The summed E-state index contributed by atoms with van der Waals surface area (Å²) in [6, 6.07) is 4.30. The molecule has 0 saturated carbocycles. The first-order valence-electron chi connectivity index (χ1n) is 5.27. The van der Waals surface area contributed by atoms with E-state index in [0.29, 0.717) is 19.7 Å². The normalized spacial score (nSPS) is 10.1. The van der Waals surface area contributed by atoms with Gasteiger partial charge in [-0.05, 0) is 19.1 Å². The fourth-order valence-corrected chi connectivity index (χ4v) is 1.52. The summed E-state index contributed by atoms with van der Waals surface area (Å²) in [6.45, 7) is 3.26. The van der Waals surface area contributed by atoms with Gasteiger partial charge < -0.3 is 9.64 Å². The number of hydrogen-bond acceptors (Lipinski definition) is 3. The van der Waals surface area contributed by atoms with E-state index in [1.807, 2.05) is 6.92 Å². The Morgan fingerprint density at radius 3 is 2.59 bits per heavy atom. The molecule has 0 aliphatic carbocycles. The molecule has 0 fully saturated rings. The molecule has 0 heterocycles. The zero-order chi connectivity index (χ0) is 12.8. The van der Waals surface area contributed by atoms with Gasteiger partial charge >= 0.3 is 0 Å². The van der Waals surface area contributed by atoms with Crippen LogP contribution in [0.15, 0.2) is 12.1 Å². The predicted molar refractivity (Wildman–Crippen MR) is 60.8 cm³/mol. The lowest BCUT2D eigenvalue weighted by Gasteiger charge is -2.23. The lowest BCUT2D eigenvalue weighted by atomic mass is 10.2. The van der Waals surface area contributed by atoms with Crippen LogP contribution in [-0.4, -0.2) is 26.8 Å². The van der Waals surface area contributed by atoms with Crippen molar-refractivity contribution in [1.82, 2.24) is 0 Å². The number of nitriles is 1. The van der Waals surface area contributed by atoms with E-state index in [4.69, 9.17) is 10.00 Å². The largest absolute Gasteiger partial charge is 0.383 e. The molecule has 0 saturated heterocycles. The average Bonchev–Trinajstić information content (AvgIpc) is 2.35. The molecule has 1 aromatic carbocycles. The molecule has 1 rings (SSSR count). The van der Waals surface area contributed by atoms with Crippen molar-refractivity contribution in [3.63, 3.8) is 0 Å². The number of nitrogens with zero attached hydrogens (tertiary/aromatic N) is 2. The van der Waals surface area contributed by atoms with Crippen LogP contribution < -0.4 is 4.90 Å². The van der Waals surface area contributed by atoms with Crippen molar-refractivity contribution >= 4 is 5.69 Å². The summed E-state index contributed by atoms with van der Waals surface area (Å²) in [5.41, 5.74) is -0.130. The van der Waals surface area contributed by atoms with Crippen LogP contribution in [0, 0.1) is 23.0 Å². The molecule has 0 bridgehead atoms. The molecular weight excluding hydrogens is 226 g/mol. The summed E-state index contributed by atoms with van der Waals surface area (Å²) in [6.07, 6.45) is 0. The first-order chi connectivity index (χ1) is 8.15. The van der Waals surface area contributed by atoms with E-state index in [0.717, 1.165) is 0 Å². The van der Waals surface area contributed by atoms with Crippen LogP contribution in [0.25, 0.3) is 0 Å². The number of hydrogen-bond donors (Lipinski definition) is 0. The lowest BCUT2D eigenvalue weighted by molar-refractivity contribution is 0.205. The maximum absolute atomic E-state index is 13.7. The molecule has 0 aliphatic heterocycles. The van der Waals surface area contributed by atoms with E-state index in [9.17, 15) is 8.78 Å². The Morgan fingerprint density at radius 1 is 1.35 bits per heavy atom. The molecule has 0 N–H and O–H groups in total. The SMILES string of the molecule is CCN(CCOC)c1ccc(C#N)c(F)c1F. The van der Waals surface area contributed by atoms with Crippen molar-refractivity contribution in [2.24, 2.45) is 0 Å². The molecule has 1 aromatic rings. The summed E-state index contributed by atoms with van der Waals surface area (Å²) < 4.78 is 32.0. The highest BCUT2D eigenvalue weighted by Crippen LogP contribution is 2.23. The summed E-state index contributed by atoms with van der Waals surface area (Å²) in [5, 5.41) is 8.58. The molecule has 5 heteroatoms. The van der Waals surface area contributed by atoms with E-state index in [1.54, 1.807) is 18.1 Å². The summed E-state index contributed by atoms with van der Waals surface area (Å²) in [4.78, 5) is 1.66. The molecule has 3 nitrogen and oxygen atoms in total. The van der Waals surface area contributed by atoms with Gasteiger partial charge in [0.15, 0.2) is 11.6 Å². The number of ether oxygens (including phenoxy) is 1. The second kappa shape index (κ2) is 6.16. The van der Waals surface area contributed by atoms with E-state index in [1.165, 1.54) is 12.1 Å². The van der Waals surface area contributed by atoms with Crippen molar-refractivity contribution in [2.75, 3.05) is 31.7 Å². The molecule has 0 atom stereocenters. The van der Waals surface area contributed by atoms with Gasteiger partial charge in [0, 0.05) is 20.2 Å². The molecule has 0 aliphatic rings. The fourth-order valence-electron chi connectivity index (χ4n) is 1.52. The predicted octanol–water partition coefficient (Wildman–Crippen LogP) is 2.31. The number of benzene rings is 1. The average molecular weight is 240 g/mol. The van der Waals surface area contributed by atoms with Gasteiger partial charge in [-0.15, -0.1) is 0 Å². The molecule has 92 valence electrons. The number of anilines is 1.